The van der Waals surface area contributed by atoms with Crippen molar-refractivity contribution in [2.24, 2.45) is 0 Å². The number of H-pyrrole nitrogens is 1. The second-order valence-corrected chi connectivity index (χ2v) is 7.30. The number of nitrogens with one attached hydrogen (secondary N) is 1. The van der Waals surface area contributed by atoms with Gasteiger partial charge in [-0.3, -0.25) is 0 Å². The lowest BCUT2D eigenvalue weighted by molar-refractivity contribution is 0.0527. The van der Waals surface area contributed by atoms with Crippen molar-refractivity contribution in [3.05, 3.63) is 75.4 Å². The van der Waals surface area contributed by atoms with Gasteiger partial charge in [0, 0.05) is 28.3 Å². The number of halogens is 2. The van der Waals surface area contributed by atoms with E-state index in [9.17, 15) is 9.90 Å². The van der Waals surface area contributed by atoms with Crippen LogP contribution in [0.5, 0.6) is 5.75 Å². The summed E-state index contributed by atoms with van der Waals surface area (Å²) >= 11 is 12.2. The normalized spacial score (nSPS) is 11.2. The van der Waals surface area contributed by atoms with E-state index >= 15 is 0 Å². The van der Waals surface area contributed by atoms with E-state index in [2.05, 4.69) is 4.98 Å². The molecule has 4 rings (SSSR count). The third-order valence-electron chi connectivity index (χ3n) is 4.71. The Kier molecular flexibility index (Phi) is 4.92. The summed E-state index contributed by atoms with van der Waals surface area (Å²) < 4.78 is 5.28. The van der Waals surface area contributed by atoms with Crippen LogP contribution in [0, 0.1) is 0 Å². The molecule has 0 aliphatic heterocycles. The number of carbonyl (C=O) groups is 1. The van der Waals surface area contributed by atoms with Gasteiger partial charge in [0.25, 0.3) is 0 Å². The Morgan fingerprint density at radius 2 is 1.79 bits per heavy atom. The van der Waals surface area contributed by atoms with Crippen molar-refractivity contribution in [1.29, 1.82) is 0 Å². The first-order valence-electron chi connectivity index (χ1n) is 8.86. The Morgan fingerprint density at radius 1 is 1.04 bits per heavy atom. The standard InChI is InChI=1S/C22H17Cl2NO3/c1-2-28-22(27)20-15-11-19(26)13-5-3-4-6-14(13)21(15)25-18(20)10-12-7-8-16(23)17(24)9-12/h3-9,11,25-26H,2,10H2,1H3. The van der Waals surface area contributed by atoms with Crippen molar-refractivity contribution < 1.29 is 14.6 Å². The number of fused-ring (bicyclic) bond motifs is 3. The average Bonchev–Trinajstić information content (AvgIpc) is 3.03. The van der Waals surface area contributed by atoms with E-state index in [4.69, 9.17) is 27.9 Å². The number of phenolic OH excluding ortho intramolecular Hbond substituents is 1. The summed E-state index contributed by atoms with van der Waals surface area (Å²) in [6.45, 7) is 2.02. The molecule has 2 N–H and O–H groups in total. The summed E-state index contributed by atoms with van der Waals surface area (Å²) in [4.78, 5) is 16.1. The Morgan fingerprint density at radius 3 is 2.50 bits per heavy atom. The van der Waals surface area contributed by atoms with Crippen LogP contribution < -0.4 is 0 Å². The molecule has 0 atom stereocenters. The van der Waals surface area contributed by atoms with Gasteiger partial charge in [0.2, 0.25) is 0 Å². The monoisotopic (exact) mass is 413 g/mol. The summed E-state index contributed by atoms with van der Waals surface area (Å²) in [5.41, 5.74) is 2.80. The van der Waals surface area contributed by atoms with Crippen molar-refractivity contribution in [3.63, 3.8) is 0 Å². The fraction of sp³-hybridized carbons (Fsp3) is 0.136. The fourth-order valence-electron chi connectivity index (χ4n) is 3.49. The maximum atomic E-state index is 12.7. The van der Waals surface area contributed by atoms with E-state index < -0.39 is 5.97 Å². The van der Waals surface area contributed by atoms with Gasteiger partial charge in [-0.25, -0.2) is 4.79 Å². The number of ether oxygens (including phenoxy) is 1. The third-order valence-corrected chi connectivity index (χ3v) is 5.45. The van der Waals surface area contributed by atoms with Gasteiger partial charge in [0.1, 0.15) is 5.75 Å². The maximum absolute atomic E-state index is 12.7. The average molecular weight is 414 g/mol. The number of hydrogen-bond acceptors (Lipinski definition) is 3. The molecule has 4 aromatic rings. The van der Waals surface area contributed by atoms with Gasteiger partial charge >= 0.3 is 5.97 Å². The van der Waals surface area contributed by atoms with E-state index in [1.807, 2.05) is 30.3 Å². The molecule has 3 aromatic carbocycles. The highest BCUT2D eigenvalue weighted by Crippen LogP contribution is 2.36. The van der Waals surface area contributed by atoms with E-state index in [1.54, 1.807) is 25.1 Å². The van der Waals surface area contributed by atoms with Crippen LogP contribution in [0.2, 0.25) is 10.0 Å². The SMILES string of the molecule is CCOC(=O)c1c(Cc2ccc(Cl)c(Cl)c2)[nH]c2c1cc(O)c1ccccc12. The van der Waals surface area contributed by atoms with Crippen molar-refractivity contribution >= 4 is 50.8 Å². The van der Waals surface area contributed by atoms with Crippen LogP contribution in [0.3, 0.4) is 0 Å². The topological polar surface area (TPSA) is 62.3 Å². The molecule has 0 radical (unpaired) electrons. The van der Waals surface area contributed by atoms with Crippen LogP contribution in [0.15, 0.2) is 48.5 Å². The van der Waals surface area contributed by atoms with Gasteiger partial charge in [0.15, 0.2) is 0 Å². The van der Waals surface area contributed by atoms with Crippen LogP contribution in [-0.2, 0) is 11.2 Å². The Balaban J connectivity index is 1.95. The molecule has 0 aliphatic rings. The zero-order valence-corrected chi connectivity index (χ0v) is 16.6. The predicted molar refractivity (Wildman–Crippen MR) is 113 cm³/mol. The molecule has 6 heteroatoms. The number of esters is 1. The molecule has 4 nitrogen and oxygen atoms in total. The second kappa shape index (κ2) is 7.38. The van der Waals surface area contributed by atoms with Crippen molar-refractivity contribution in [1.82, 2.24) is 4.98 Å². The molecule has 0 aliphatic carbocycles. The molecule has 1 heterocycles. The van der Waals surface area contributed by atoms with Crippen LogP contribution in [0.1, 0.15) is 28.5 Å². The predicted octanol–water partition coefficient (Wildman–Crippen LogP) is 6.10. The molecular weight excluding hydrogens is 397 g/mol. The number of aromatic nitrogens is 1. The largest absolute Gasteiger partial charge is 0.507 e. The molecule has 0 spiro atoms. The van der Waals surface area contributed by atoms with Crippen molar-refractivity contribution in [2.75, 3.05) is 6.61 Å². The fourth-order valence-corrected chi connectivity index (χ4v) is 3.81. The summed E-state index contributed by atoms with van der Waals surface area (Å²) in [7, 11) is 0. The van der Waals surface area contributed by atoms with Crippen LogP contribution in [-0.4, -0.2) is 22.7 Å². The number of rotatable bonds is 4. The molecule has 0 unspecified atom stereocenters. The molecule has 1 aromatic heterocycles. The Hall–Kier alpha value is -2.69. The molecular formula is C22H17Cl2NO3. The molecule has 0 bridgehead atoms. The zero-order chi connectivity index (χ0) is 19.8. The lowest BCUT2D eigenvalue weighted by Crippen LogP contribution is -2.07. The molecule has 142 valence electrons. The van der Waals surface area contributed by atoms with Gasteiger partial charge in [0.05, 0.1) is 27.7 Å². The van der Waals surface area contributed by atoms with Gasteiger partial charge in [-0.1, -0.05) is 53.5 Å². The lowest BCUT2D eigenvalue weighted by atomic mass is 10.0. The highest BCUT2D eigenvalue weighted by molar-refractivity contribution is 6.42. The highest BCUT2D eigenvalue weighted by Gasteiger charge is 2.22. The van der Waals surface area contributed by atoms with E-state index in [-0.39, 0.29) is 12.4 Å². The Labute approximate surface area is 171 Å². The van der Waals surface area contributed by atoms with E-state index in [0.29, 0.717) is 38.5 Å². The molecule has 0 amide bonds. The van der Waals surface area contributed by atoms with Crippen LogP contribution in [0.25, 0.3) is 21.7 Å². The number of aromatic hydroxyl groups is 1. The van der Waals surface area contributed by atoms with Crippen molar-refractivity contribution in [3.8, 4) is 5.75 Å². The number of benzene rings is 3. The first kappa shape index (κ1) is 18.7. The first-order valence-corrected chi connectivity index (χ1v) is 9.61. The number of aromatic amines is 1. The number of carbonyl (C=O) groups excluding carboxylic acids is 1. The van der Waals surface area contributed by atoms with Gasteiger partial charge < -0.3 is 14.8 Å². The molecule has 0 saturated carbocycles. The van der Waals surface area contributed by atoms with Gasteiger partial charge in [-0.2, -0.15) is 0 Å². The third kappa shape index (κ3) is 3.19. The second-order valence-electron chi connectivity index (χ2n) is 6.49. The highest BCUT2D eigenvalue weighted by atomic mass is 35.5. The summed E-state index contributed by atoms with van der Waals surface area (Å²) in [6.07, 6.45) is 0.439. The van der Waals surface area contributed by atoms with Crippen LogP contribution >= 0.6 is 23.2 Å². The summed E-state index contributed by atoms with van der Waals surface area (Å²) in [5, 5.41) is 13.6. The molecule has 0 saturated heterocycles. The number of phenols is 1. The lowest BCUT2D eigenvalue weighted by Gasteiger charge is -2.06. The molecule has 0 fully saturated rings. The zero-order valence-electron chi connectivity index (χ0n) is 15.1. The van der Waals surface area contributed by atoms with E-state index in [1.165, 1.54) is 0 Å². The first-order chi connectivity index (χ1) is 13.5. The van der Waals surface area contributed by atoms with Crippen molar-refractivity contribution in [2.45, 2.75) is 13.3 Å². The molecule has 28 heavy (non-hydrogen) atoms. The Bertz CT molecular complexity index is 1210. The minimum atomic E-state index is -0.432. The minimum absolute atomic E-state index is 0.119. The van der Waals surface area contributed by atoms with E-state index in [0.717, 1.165) is 16.5 Å². The van der Waals surface area contributed by atoms with Crippen LogP contribution in [0.4, 0.5) is 0 Å². The maximum Gasteiger partial charge on any atom is 0.340 e. The smallest absolute Gasteiger partial charge is 0.340 e. The van der Waals surface area contributed by atoms with Gasteiger partial charge in [-0.05, 0) is 30.7 Å². The summed E-state index contributed by atoms with van der Waals surface area (Å²) in [5.74, 6) is -0.313. The van der Waals surface area contributed by atoms with Gasteiger partial charge in [-0.15, -0.1) is 0 Å². The number of hydrogen-bond donors (Lipinski definition) is 2. The minimum Gasteiger partial charge on any atom is -0.507 e. The quantitative estimate of drug-likeness (QED) is 0.397. The summed E-state index contributed by atoms with van der Waals surface area (Å²) in [6, 6.07) is 14.5.